The summed E-state index contributed by atoms with van der Waals surface area (Å²) in [6.45, 7) is 0. The molecule has 0 atom stereocenters. The van der Waals surface area contributed by atoms with E-state index in [0.717, 1.165) is 0 Å². The Morgan fingerprint density at radius 3 is 2.65 bits per heavy atom. The van der Waals surface area contributed by atoms with Crippen LogP contribution in [0.4, 0.5) is 5.69 Å². The van der Waals surface area contributed by atoms with Gasteiger partial charge >= 0.3 is 0 Å². The molecule has 1 heterocycles. The summed E-state index contributed by atoms with van der Waals surface area (Å²) in [5, 5.41) is 11.4. The molecule has 1 aromatic carbocycles. The van der Waals surface area contributed by atoms with E-state index in [0.29, 0.717) is 17.1 Å². The van der Waals surface area contributed by atoms with Crippen molar-refractivity contribution in [3.63, 3.8) is 0 Å². The Hall–Kier alpha value is -2.61. The number of aryl methyl sites for hydroxylation is 1. The van der Waals surface area contributed by atoms with Crippen LogP contribution < -0.4 is 5.32 Å². The second-order valence-corrected chi connectivity index (χ2v) is 3.51. The summed E-state index contributed by atoms with van der Waals surface area (Å²) < 4.78 is 1.64. The normalized spacial score (nSPS) is 9.65. The van der Waals surface area contributed by atoms with Crippen LogP contribution in [0.5, 0.6) is 0 Å². The number of carbonyl (C=O) groups is 1. The summed E-state index contributed by atoms with van der Waals surface area (Å²) in [6, 6.07) is 8.67. The number of rotatable bonds is 2. The first kappa shape index (κ1) is 10.9. The van der Waals surface area contributed by atoms with Crippen molar-refractivity contribution in [1.29, 1.82) is 5.26 Å². The van der Waals surface area contributed by atoms with Crippen LogP contribution in [0.25, 0.3) is 0 Å². The van der Waals surface area contributed by atoms with E-state index in [2.05, 4.69) is 10.3 Å². The predicted octanol–water partition coefficient (Wildman–Crippen LogP) is 1.54. The fourth-order valence-electron chi connectivity index (χ4n) is 1.40. The number of benzene rings is 1. The summed E-state index contributed by atoms with van der Waals surface area (Å²) in [4.78, 5) is 15.7. The minimum atomic E-state index is -0.276. The van der Waals surface area contributed by atoms with Crippen LogP contribution in [0.1, 0.15) is 16.2 Å². The first-order chi connectivity index (χ1) is 8.20. The summed E-state index contributed by atoms with van der Waals surface area (Å²) in [5.41, 5.74) is 1.19. The summed E-state index contributed by atoms with van der Waals surface area (Å²) in [6.07, 6.45) is 3.27. The predicted molar refractivity (Wildman–Crippen MR) is 62.3 cm³/mol. The Bertz CT molecular complexity index is 577. The maximum absolute atomic E-state index is 11.8. The Morgan fingerprint density at radius 2 is 2.12 bits per heavy atom. The molecular formula is C12H10N4O. The number of nitrogens with zero attached hydrogens (tertiary/aromatic N) is 3. The van der Waals surface area contributed by atoms with Crippen molar-refractivity contribution in [3.05, 3.63) is 48.0 Å². The summed E-state index contributed by atoms with van der Waals surface area (Å²) in [7, 11) is 1.75. The third-order valence-electron chi connectivity index (χ3n) is 2.30. The van der Waals surface area contributed by atoms with Crippen molar-refractivity contribution >= 4 is 11.6 Å². The van der Waals surface area contributed by atoms with Crippen LogP contribution in [0, 0.1) is 11.3 Å². The van der Waals surface area contributed by atoms with E-state index in [4.69, 9.17) is 5.26 Å². The third kappa shape index (κ3) is 2.32. The Balaban J connectivity index is 2.14. The molecule has 84 valence electrons. The van der Waals surface area contributed by atoms with Gasteiger partial charge in [0.15, 0.2) is 5.82 Å². The average molecular weight is 226 g/mol. The molecule has 0 radical (unpaired) electrons. The molecule has 1 N–H and O–H groups in total. The van der Waals surface area contributed by atoms with Crippen LogP contribution in [0.2, 0.25) is 0 Å². The molecule has 0 aliphatic rings. The lowest BCUT2D eigenvalue weighted by Gasteiger charge is -2.04. The number of hydrogen-bond acceptors (Lipinski definition) is 3. The standard InChI is InChI=1S/C12H10N4O/c1-16-7-6-14-11(16)12(17)15-10-4-2-9(8-13)3-5-10/h2-7H,1H3,(H,15,17). The zero-order chi connectivity index (χ0) is 12.3. The first-order valence-electron chi connectivity index (χ1n) is 4.99. The molecule has 1 aromatic heterocycles. The van der Waals surface area contributed by atoms with Gasteiger partial charge in [0.1, 0.15) is 0 Å². The van der Waals surface area contributed by atoms with Gasteiger partial charge in [0.05, 0.1) is 11.6 Å². The van der Waals surface area contributed by atoms with Gasteiger partial charge in [0.25, 0.3) is 5.91 Å². The van der Waals surface area contributed by atoms with Gasteiger partial charge in [-0.25, -0.2) is 4.98 Å². The van der Waals surface area contributed by atoms with Crippen LogP contribution in [0.3, 0.4) is 0 Å². The SMILES string of the molecule is Cn1ccnc1C(=O)Nc1ccc(C#N)cc1. The van der Waals surface area contributed by atoms with E-state index in [9.17, 15) is 4.79 Å². The lowest BCUT2D eigenvalue weighted by Crippen LogP contribution is -2.16. The largest absolute Gasteiger partial charge is 0.330 e. The van der Waals surface area contributed by atoms with E-state index in [-0.39, 0.29) is 5.91 Å². The zero-order valence-corrected chi connectivity index (χ0v) is 9.21. The number of imidazole rings is 1. The number of carbonyl (C=O) groups excluding carboxylic acids is 1. The monoisotopic (exact) mass is 226 g/mol. The van der Waals surface area contributed by atoms with Crippen molar-refractivity contribution in [1.82, 2.24) is 9.55 Å². The molecule has 5 nitrogen and oxygen atoms in total. The van der Waals surface area contributed by atoms with E-state index < -0.39 is 0 Å². The molecule has 2 rings (SSSR count). The molecule has 0 aliphatic heterocycles. The van der Waals surface area contributed by atoms with Crippen LogP contribution >= 0.6 is 0 Å². The van der Waals surface area contributed by atoms with Gasteiger partial charge < -0.3 is 9.88 Å². The van der Waals surface area contributed by atoms with Gasteiger partial charge in [-0.3, -0.25) is 4.79 Å². The van der Waals surface area contributed by atoms with E-state index in [1.165, 1.54) is 0 Å². The molecule has 5 heteroatoms. The van der Waals surface area contributed by atoms with Gasteiger partial charge in [-0.1, -0.05) is 0 Å². The molecule has 17 heavy (non-hydrogen) atoms. The number of aromatic nitrogens is 2. The minimum absolute atomic E-state index is 0.276. The molecule has 0 saturated heterocycles. The molecule has 0 fully saturated rings. The number of nitriles is 1. The van der Waals surface area contributed by atoms with E-state index >= 15 is 0 Å². The zero-order valence-electron chi connectivity index (χ0n) is 9.21. The van der Waals surface area contributed by atoms with Gasteiger partial charge in [-0.15, -0.1) is 0 Å². The molecule has 0 aliphatic carbocycles. The maximum Gasteiger partial charge on any atom is 0.291 e. The van der Waals surface area contributed by atoms with Gasteiger partial charge in [0.2, 0.25) is 0 Å². The molecular weight excluding hydrogens is 216 g/mol. The second-order valence-electron chi connectivity index (χ2n) is 3.51. The van der Waals surface area contributed by atoms with Crippen molar-refractivity contribution < 1.29 is 4.79 Å². The van der Waals surface area contributed by atoms with Crippen LogP contribution in [0.15, 0.2) is 36.7 Å². The van der Waals surface area contributed by atoms with Crippen molar-refractivity contribution in [2.45, 2.75) is 0 Å². The number of amides is 1. The topological polar surface area (TPSA) is 70.7 Å². The second kappa shape index (κ2) is 4.49. The van der Waals surface area contributed by atoms with Crippen LogP contribution in [-0.2, 0) is 7.05 Å². The highest BCUT2D eigenvalue weighted by Gasteiger charge is 2.10. The third-order valence-corrected chi connectivity index (χ3v) is 2.30. The highest BCUT2D eigenvalue weighted by Crippen LogP contribution is 2.10. The number of hydrogen-bond donors (Lipinski definition) is 1. The lowest BCUT2D eigenvalue weighted by atomic mass is 10.2. The molecule has 0 unspecified atom stereocenters. The Morgan fingerprint density at radius 1 is 1.41 bits per heavy atom. The number of nitrogens with one attached hydrogen (secondary N) is 1. The van der Waals surface area contributed by atoms with Gasteiger partial charge in [-0.2, -0.15) is 5.26 Å². The molecule has 0 saturated carbocycles. The summed E-state index contributed by atoms with van der Waals surface area (Å²) in [5.74, 6) is 0.0663. The number of anilines is 1. The van der Waals surface area contributed by atoms with Crippen molar-refractivity contribution in [2.24, 2.45) is 7.05 Å². The van der Waals surface area contributed by atoms with E-state index in [1.807, 2.05) is 6.07 Å². The van der Waals surface area contributed by atoms with Gasteiger partial charge in [0, 0.05) is 25.1 Å². The van der Waals surface area contributed by atoms with Crippen molar-refractivity contribution in [3.8, 4) is 6.07 Å². The first-order valence-corrected chi connectivity index (χ1v) is 4.99. The highest BCUT2D eigenvalue weighted by molar-refractivity contribution is 6.01. The van der Waals surface area contributed by atoms with Gasteiger partial charge in [-0.05, 0) is 24.3 Å². The molecule has 0 spiro atoms. The summed E-state index contributed by atoms with van der Waals surface area (Å²) >= 11 is 0. The molecule has 1 amide bonds. The fraction of sp³-hybridized carbons (Fsp3) is 0.0833. The highest BCUT2D eigenvalue weighted by atomic mass is 16.2. The fourth-order valence-corrected chi connectivity index (χ4v) is 1.40. The Kier molecular flexibility index (Phi) is 2.88. The van der Waals surface area contributed by atoms with Crippen molar-refractivity contribution in [2.75, 3.05) is 5.32 Å². The smallest absolute Gasteiger partial charge is 0.291 e. The van der Waals surface area contributed by atoms with E-state index in [1.54, 1.807) is 48.3 Å². The van der Waals surface area contributed by atoms with Crippen LogP contribution in [-0.4, -0.2) is 15.5 Å². The lowest BCUT2D eigenvalue weighted by molar-refractivity contribution is 0.101. The quantitative estimate of drug-likeness (QED) is 0.844. The average Bonchev–Trinajstić information content (AvgIpc) is 2.76. The Labute approximate surface area is 98.3 Å². The maximum atomic E-state index is 11.8. The molecule has 2 aromatic rings. The molecule has 0 bridgehead atoms. The minimum Gasteiger partial charge on any atom is -0.330 e.